The van der Waals surface area contributed by atoms with Crippen LogP contribution in [-0.2, 0) is 4.84 Å². The molecule has 4 aliphatic carbocycles. The fraction of sp³-hybridized carbons (Fsp3) is 0.926. The van der Waals surface area contributed by atoms with Crippen molar-refractivity contribution in [3.05, 3.63) is 0 Å². The predicted molar refractivity (Wildman–Crippen MR) is 132 cm³/mol. The van der Waals surface area contributed by atoms with Crippen molar-refractivity contribution in [3.8, 4) is 0 Å². The Labute approximate surface area is 213 Å². The third kappa shape index (κ3) is 5.29. The Bertz CT molecular complexity index is 837. The van der Waals surface area contributed by atoms with Gasteiger partial charge in [-0.2, -0.15) is 13.2 Å². The van der Waals surface area contributed by atoms with Gasteiger partial charge in [-0.3, -0.25) is 9.74 Å². The molecule has 0 aromatic carbocycles. The SMILES string of the molecule is CNCCN(CC(F)(F)F)C(=O)O/N=C(\C)[C@H]1CC[C@H]2[C@@H]3CC[C@@H]4C[C@@H](O)CC[C@]4(C)[C@H]3CC[C@]12C. The van der Waals surface area contributed by atoms with Gasteiger partial charge in [-0.05, 0) is 106 Å². The lowest BCUT2D eigenvalue weighted by Gasteiger charge is -2.61. The van der Waals surface area contributed by atoms with Gasteiger partial charge in [0.2, 0.25) is 0 Å². The normalized spacial score (nSPS) is 40.7. The summed E-state index contributed by atoms with van der Waals surface area (Å²) in [5.41, 5.74) is 1.10. The number of alkyl halides is 3. The summed E-state index contributed by atoms with van der Waals surface area (Å²) in [5.74, 6) is 2.74. The molecule has 0 heterocycles. The first kappa shape index (κ1) is 27.7. The number of hydrogen-bond acceptors (Lipinski definition) is 5. The molecule has 0 spiro atoms. The van der Waals surface area contributed by atoms with Gasteiger partial charge in [0, 0.05) is 19.0 Å². The number of oxime groups is 1. The molecule has 4 fully saturated rings. The van der Waals surface area contributed by atoms with Gasteiger partial charge < -0.3 is 10.4 Å². The van der Waals surface area contributed by atoms with Gasteiger partial charge in [0.05, 0.1) is 11.8 Å². The lowest BCUT2D eigenvalue weighted by molar-refractivity contribution is -0.142. The third-order valence-corrected chi connectivity index (χ3v) is 10.7. The molecule has 0 saturated heterocycles. The summed E-state index contributed by atoms with van der Waals surface area (Å²) in [4.78, 5) is 18.2. The van der Waals surface area contributed by atoms with Crippen molar-refractivity contribution < 1.29 is 27.9 Å². The summed E-state index contributed by atoms with van der Waals surface area (Å²) in [6.45, 7) is 5.46. The van der Waals surface area contributed by atoms with Gasteiger partial charge in [0.1, 0.15) is 6.54 Å². The summed E-state index contributed by atoms with van der Waals surface area (Å²) in [5, 5.41) is 17.1. The molecule has 0 bridgehead atoms. The van der Waals surface area contributed by atoms with E-state index in [1.54, 1.807) is 7.05 Å². The van der Waals surface area contributed by atoms with Gasteiger partial charge in [-0.1, -0.05) is 19.0 Å². The number of aliphatic hydroxyl groups is 1. The first-order chi connectivity index (χ1) is 16.9. The molecular weight excluding hydrogens is 471 g/mol. The van der Waals surface area contributed by atoms with Gasteiger partial charge in [0.25, 0.3) is 0 Å². The molecule has 0 aliphatic heterocycles. The highest BCUT2D eigenvalue weighted by atomic mass is 19.4. The van der Waals surface area contributed by atoms with E-state index in [2.05, 4.69) is 24.3 Å². The van der Waals surface area contributed by atoms with E-state index in [0.717, 1.165) is 38.5 Å². The van der Waals surface area contributed by atoms with Gasteiger partial charge in [-0.15, -0.1) is 0 Å². The van der Waals surface area contributed by atoms with E-state index >= 15 is 0 Å². The Morgan fingerprint density at radius 3 is 2.47 bits per heavy atom. The number of halogens is 3. The van der Waals surface area contributed by atoms with Crippen LogP contribution in [0.3, 0.4) is 0 Å². The van der Waals surface area contributed by atoms with Crippen molar-refractivity contribution in [2.75, 3.05) is 26.7 Å². The number of carbonyl (C=O) groups excluding carboxylic acids is 1. The van der Waals surface area contributed by atoms with Crippen LogP contribution in [0.25, 0.3) is 0 Å². The quantitative estimate of drug-likeness (QED) is 0.274. The van der Waals surface area contributed by atoms with E-state index in [9.17, 15) is 23.1 Å². The molecular formula is C27H44F3N3O3. The summed E-state index contributed by atoms with van der Waals surface area (Å²) >= 11 is 0. The number of likely N-dealkylation sites (N-methyl/N-ethyl adjacent to an activating group) is 1. The van der Waals surface area contributed by atoms with Crippen LogP contribution in [0.5, 0.6) is 0 Å². The van der Waals surface area contributed by atoms with Crippen LogP contribution < -0.4 is 5.32 Å². The molecule has 8 atom stereocenters. The highest BCUT2D eigenvalue weighted by Crippen LogP contribution is 2.67. The zero-order valence-corrected chi connectivity index (χ0v) is 22.2. The molecule has 0 aromatic rings. The van der Waals surface area contributed by atoms with Crippen LogP contribution in [0.4, 0.5) is 18.0 Å². The van der Waals surface area contributed by atoms with Crippen molar-refractivity contribution in [2.24, 2.45) is 45.6 Å². The zero-order chi connectivity index (χ0) is 26.3. The van der Waals surface area contributed by atoms with E-state index in [1.807, 2.05) is 6.92 Å². The van der Waals surface area contributed by atoms with Crippen LogP contribution in [-0.4, -0.2) is 60.8 Å². The van der Waals surface area contributed by atoms with Crippen molar-refractivity contribution >= 4 is 11.8 Å². The van der Waals surface area contributed by atoms with Crippen LogP contribution in [0.1, 0.15) is 78.6 Å². The Morgan fingerprint density at radius 2 is 1.78 bits per heavy atom. The molecule has 1 amide bonds. The number of nitrogens with zero attached hydrogens (tertiary/aromatic N) is 2. The molecule has 4 aliphatic rings. The summed E-state index contributed by atoms with van der Waals surface area (Å²) < 4.78 is 38.8. The Balaban J connectivity index is 1.44. The first-order valence-corrected chi connectivity index (χ1v) is 13.8. The lowest BCUT2D eigenvalue weighted by atomic mass is 9.44. The molecule has 36 heavy (non-hydrogen) atoms. The molecule has 0 aromatic heterocycles. The van der Waals surface area contributed by atoms with E-state index < -0.39 is 18.8 Å². The van der Waals surface area contributed by atoms with E-state index in [1.165, 1.54) is 19.3 Å². The minimum absolute atomic E-state index is 0.0658. The number of rotatable bonds is 6. The van der Waals surface area contributed by atoms with Gasteiger partial charge in [0.15, 0.2) is 0 Å². The highest BCUT2D eigenvalue weighted by molar-refractivity contribution is 5.85. The van der Waals surface area contributed by atoms with Crippen LogP contribution >= 0.6 is 0 Å². The highest BCUT2D eigenvalue weighted by Gasteiger charge is 2.60. The molecule has 4 saturated carbocycles. The van der Waals surface area contributed by atoms with Crippen molar-refractivity contribution in [2.45, 2.75) is 90.8 Å². The maximum atomic E-state index is 12.9. The molecule has 9 heteroatoms. The van der Waals surface area contributed by atoms with Crippen LogP contribution in [0.2, 0.25) is 0 Å². The minimum Gasteiger partial charge on any atom is -0.393 e. The second-order valence-electron chi connectivity index (χ2n) is 12.5. The summed E-state index contributed by atoms with van der Waals surface area (Å²) in [7, 11) is 1.62. The first-order valence-electron chi connectivity index (χ1n) is 13.8. The molecule has 0 unspecified atom stereocenters. The number of fused-ring (bicyclic) bond motifs is 5. The zero-order valence-electron chi connectivity index (χ0n) is 22.2. The van der Waals surface area contributed by atoms with Crippen molar-refractivity contribution in [1.29, 1.82) is 0 Å². The van der Waals surface area contributed by atoms with Crippen LogP contribution in [0.15, 0.2) is 5.16 Å². The van der Waals surface area contributed by atoms with Crippen molar-refractivity contribution in [1.82, 2.24) is 10.2 Å². The van der Waals surface area contributed by atoms with E-state index in [0.29, 0.717) is 39.7 Å². The van der Waals surface area contributed by atoms with E-state index in [4.69, 9.17) is 4.84 Å². The molecule has 4 rings (SSSR count). The summed E-state index contributed by atoms with van der Waals surface area (Å²) in [6, 6.07) is 0. The molecule has 2 N–H and O–H groups in total. The standard InChI is InChI=1S/C27H44F3N3O3/c1-17(32-36-24(35)33(14-13-31-4)16-27(28,29)30)21-7-8-22-20-6-5-18-15-19(34)9-11-25(18,2)23(20)10-12-26(21,22)3/h18-23,31,34H,5-16H2,1-4H3/b32-17+/t18-,19+,20+,21-,22+,23+,25+,26-/m1/s1. The largest absolute Gasteiger partial charge is 0.436 e. The Kier molecular flexibility index (Phi) is 8.02. The lowest BCUT2D eigenvalue weighted by Crippen LogP contribution is -2.54. The number of hydrogen-bond donors (Lipinski definition) is 2. The smallest absolute Gasteiger partial charge is 0.393 e. The fourth-order valence-corrected chi connectivity index (χ4v) is 8.85. The monoisotopic (exact) mass is 515 g/mol. The molecule has 6 nitrogen and oxygen atoms in total. The average Bonchev–Trinajstić information content (AvgIpc) is 3.17. The topological polar surface area (TPSA) is 74.2 Å². The number of nitrogens with one attached hydrogen (secondary N) is 1. The second-order valence-corrected chi connectivity index (χ2v) is 12.5. The van der Waals surface area contributed by atoms with Crippen molar-refractivity contribution in [3.63, 3.8) is 0 Å². The maximum Gasteiger partial charge on any atom is 0.436 e. The number of carbonyl (C=O) groups is 1. The number of aliphatic hydroxyl groups excluding tert-OH is 1. The molecule has 206 valence electrons. The molecule has 0 radical (unpaired) electrons. The van der Waals surface area contributed by atoms with E-state index in [-0.39, 0.29) is 30.5 Å². The Morgan fingerprint density at radius 1 is 1.08 bits per heavy atom. The predicted octanol–water partition coefficient (Wildman–Crippen LogP) is 5.60. The van der Waals surface area contributed by atoms with Gasteiger partial charge in [-0.25, -0.2) is 4.79 Å². The fourth-order valence-electron chi connectivity index (χ4n) is 8.85. The summed E-state index contributed by atoms with van der Waals surface area (Å²) in [6.07, 6.45) is 4.05. The second kappa shape index (κ2) is 10.4. The van der Waals surface area contributed by atoms with Crippen LogP contribution in [0, 0.1) is 40.4 Å². The minimum atomic E-state index is -4.50. The van der Waals surface area contributed by atoms with Gasteiger partial charge >= 0.3 is 12.3 Å². The Hall–Kier alpha value is -1.35. The third-order valence-electron chi connectivity index (χ3n) is 10.7. The average molecular weight is 516 g/mol. The maximum absolute atomic E-state index is 12.9. The number of amides is 1.